The molecule has 0 fully saturated rings. The molecule has 94 valence electrons. The first-order valence-corrected chi connectivity index (χ1v) is 5.51. The molecule has 0 heterocycles. The predicted octanol–water partition coefficient (Wildman–Crippen LogP) is 1.90. The first-order chi connectivity index (χ1) is 7.94. The first-order valence-electron chi connectivity index (χ1n) is 5.51. The third-order valence-electron chi connectivity index (χ3n) is 2.45. The molecule has 4 heteroatoms. The minimum Gasteiger partial charge on any atom is -0.478 e. The third kappa shape index (κ3) is 4.54. The number of carboxylic acids is 1. The molecule has 1 rings (SSSR count). The summed E-state index contributed by atoms with van der Waals surface area (Å²) in [6, 6.07) is 6.93. The maximum Gasteiger partial charge on any atom is 0.335 e. The fourth-order valence-corrected chi connectivity index (χ4v) is 1.57. The number of benzene rings is 1. The lowest BCUT2D eigenvalue weighted by molar-refractivity contribution is 0.0696. The van der Waals surface area contributed by atoms with Crippen molar-refractivity contribution in [1.82, 2.24) is 5.32 Å². The van der Waals surface area contributed by atoms with Gasteiger partial charge in [-0.3, -0.25) is 0 Å². The van der Waals surface area contributed by atoms with Crippen molar-refractivity contribution >= 4 is 5.97 Å². The SMILES string of the molecule is COCC(C)(C)NCc1cccc(C(=O)O)c1. The van der Waals surface area contributed by atoms with E-state index in [0.29, 0.717) is 18.7 Å². The normalized spacial score (nSPS) is 11.5. The molecule has 0 radical (unpaired) electrons. The quantitative estimate of drug-likeness (QED) is 0.793. The lowest BCUT2D eigenvalue weighted by Gasteiger charge is -2.25. The molecule has 0 aliphatic carbocycles. The van der Waals surface area contributed by atoms with Crippen LogP contribution in [0, 0.1) is 0 Å². The Morgan fingerprint density at radius 3 is 2.76 bits per heavy atom. The lowest BCUT2D eigenvalue weighted by atomic mass is 10.1. The smallest absolute Gasteiger partial charge is 0.335 e. The van der Waals surface area contributed by atoms with Crippen molar-refractivity contribution in [3.05, 3.63) is 35.4 Å². The van der Waals surface area contributed by atoms with Crippen LogP contribution < -0.4 is 5.32 Å². The maximum atomic E-state index is 10.8. The molecule has 0 atom stereocenters. The van der Waals surface area contributed by atoms with Gasteiger partial charge in [-0.1, -0.05) is 12.1 Å². The number of aromatic carboxylic acids is 1. The Hall–Kier alpha value is -1.39. The highest BCUT2D eigenvalue weighted by Gasteiger charge is 2.16. The fraction of sp³-hybridized carbons (Fsp3) is 0.462. The molecule has 0 saturated carbocycles. The summed E-state index contributed by atoms with van der Waals surface area (Å²) in [6.07, 6.45) is 0. The second kappa shape index (κ2) is 5.80. The fourth-order valence-electron chi connectivity index (χ4n) is 1.57. The second-order valence-corrected chi connectivity index (χ2v) is 4.68. The zero-order chi connectivity index (χ0) is 12.9. The summed E-state index contributed by atoms with van der Waals surface area (Å²) in [4.78, 5) is 10.8. The Morgan fingerprint density at radius 1 is 1.47 bits per heavy atom. The number of methoxy groups -OCH3 is 1. The molecule has 0 unspecified atom stereocenters. The lowest BCUT2D eigenvalue weighted by Crippen LogP contribution is -2.42. The van der Waals surface area contributed by atoms with Gasteiger partial charge in [0.15, 0.2) is 0 Å². The van der Waals surface area contributed by atoms with Gasteiger partial charge in [-0.15, -0.1) is 0 Å². The number of carboxylic acid groups (broad SMARTS) is 1. The van der Waals surface area contributed by atoms with E-state index in [1.165, 1.54) is 0 Å². The van der Waals surface area contributed by atoms with E-state index < -0.39 is 5.97 Å². The number of hydrogen-bond donors (Lipinski definition) is 2. The molecule has 4 nitrogen and oxygen atoms in total. The van der Waals surface area contributed by atoms with E-state index in [4.69, 9.17) is 9.84 Å². The Labute approximate surface area is 102 Å². The van der Waals surface area contributed by atoms with Crippen molar-refractivity contribution in [1.29, 1.82) is 0 Å². The molecule has 1 aromatic rings. The molecule has 0 aliphatic rings. The summed E-state index contributed by atoms with van der Waals surface area (Å²) < 4.78 is 5.10. The van der Waals surface area contributed by atoms with Gasteiger partial charge in [0.2, 0.25) is 0 Å². The van der Waals surface area contributed by atoms with Crippen LogP contribution in [0.15, 0.2) is 24.3 Å². The topological polar surface area (TPSA) is 58.6 Å². The zero-order valence-electron chi connectivity index (χ0n) is 10.5. The van der Waals surface area contributed by atoms with Gasteiger partial charge in [-0.05, 0) is 31.5 Å². The molecule has 17 heavy (non-hydrogen) atoms. The zero-order valence-corrected chi connectivity index (χ0v) is 10.5. The molecule has 0 bridgehead atoms. The molecule has 0 spiro atoms. The van der Waals surface area contributed by atoms with Crippen molar-refractivity contribution in [2.75, 3.05) is 13.7 Å². The monoisotopic (exact) mass is 237 g/mol. The minimum absolute atomic E-state index is 0.131. The molecule has 0 saturated heterocycles. The highest BCUT2D eigenvalue weighted by molar-refractivity contribution is 5.87. The van der Waals surface area contributed by atoms with Crippen molar-refractivity contribution in [2.24, 2.45) is 0 Å². The highest BCUT2D eigenvalue weighted by Crippen LogP contribution is 2.08. The van der Waals surface area contributed by atoms with Crippen LogP contribution in [0.5, 0.6) is 0 Å². The molecule has 0 aliphatic heterocycles. The Balaban J connectivity index is 2.63. The summed E-state index contributed by atoms with van der Waals surface area (Å²) in [7, 11) is 1.66. The van der Waals surface area contributed by atoms with Crippen LogP contribution in [-0.4, -0.2) is 30.3 Å². The average Bonchev–Trinajstić information content (AvgIpc) is 2.27. The van der Waals surface area contributed by atoms with Crippen LogP contribution in [0.2, 0.25) is 0 Å². The van der Waals surface area contributed by atoms with E-state index >= 15 is 0 Å². The van der Waals surface area contributed by atoms with E-state index in [0.717, 1.165) is 5.56 Å². The van der Waals surface area contributed by atoms with Gasteiger partial charge in [-0.25, -0.2) is 4.79 Å². The van der Waals surface area contributed by atoms with Gasteiger partial charge in [0.05, 0.1) is 12.2 Å². The van der Waals surface area contributed by atoms with Gasteiger partial charge in [0.1, 0.15) is 0 Å². The summed E-state index contributed by atoms with van der Waals surface area (Å²) in [5.41, 5.74) is 1.14. The molecule has 0 amide bonds. The molecule has 2 N–H and O–H groups in total. The molecule has 0 aromatic heterocycles. The molecular weight excluding hydrogens is 218 g/mol. The summed E-state index contributed by atoms with van der Waals surface area (Å²) >= 11 is 0. The van der Waals surface area contributed by atoms with Crippen LogP contribution in [-0.2, 0) is 11.3 Å². The Bertz CT molecular complexity index is 388. The number of ether oxygens (including phenoxy) is 1. The van der Waals surface area contributed by atoms with Crippen molar-refractivity contribution in [3.63, 3.8) is 0 Å². The van der Waals surface area contributed by atoms with Gasteiger partial charge < -0.3 is 15.2 Å². The van der Waals surface area contributed by atoms with Crippen LogP contribution >= 0.6 is 0 Å². The molecular formula is C13H19NO3. The number of carbonyl (C=O) groups is 1. The average molecular weight is 237 g/mol. The van der Waals surface area contributed by atoms with Crippen molar-refractivity contribution in [2.45, 2.75) is 25.9 Å². The largest absolute Gasteiger partial charge is 0.478 e. The van der Waals surface area contributed by atoms with E-state index in [9.17, 15) is 4.79 Å². The van der Waals surface area contributed by atoms with Gasteiger partial charge in [0.25, 0.3) is 0 Å². The van der Waals surface area contributed by atoms with E-state index in [1.807, 2.05) is 19.9 Å². The Morgan fingerprint density at radius 2 is 2.18 bits per heavy atom. The van der Waals surface area contributed by atoms with Crippen molar-refractivity contribution < 1.29 is 14.6 Å². The highest BCUT2D eigenvalue weighted by atomic mass is 16.5. The first kappa shape index (κ1) is 13.7. The minimum atomic E-state index is -0.900. The van der Waals surface area contributed by atoms with Gasteiger partial charge >= 0.3 is 5.97 Å². The summed E-state index contributed by atoms with van der Waals surface area (Å²) in [5.74, 6) is -0.900. The van der Waals surface area contributed by atoms with Gasteiger partial charge in [-0.2, -0.15) is 0 Å². The summed E-state index contributed by atoms with van der Waals surface area (Å²) in [5, 5.41) is 12.2. The standard InChI is InChI=1S/C13H19NO3/c1-13(2,9-17-3)14-8-10-5-4-6-11(7-10)12(15)16/h4-7,14H,8-9H2,1-3H3,(H,15,16). The van der Waals surface area contributed by atoms with Crippen LogP contribution in [0.4, 0.5) is 0 Å². The van der Waals surface area contributed by atoms with E-state index in [-0.39, 0.29) is 5.54 Å². The van der Waals surface area contributed by atoms with Crippen LogP contribution in [0.3, 0.4) is 0 Å². The second-order valence-electron chi connectivity index (χ2n) is 4.68. The van der Waals surface area contributed by atoms with Crippen LogP contribution in [0.25, 0.3) is 0 Å². The van der Waals surface area contributed by atoms with Gasteiger partial charge in [0, 0.05) is 19.2 Å². The number of nitrogens with one attached hydrogen (secondary N) is 1. The third-order valence-corrected chi connectivity index (χ3v) is 2.45. The van der Waals surface area contributed by atoms with E-state index in [2.05, 4.69) is 5.32 Å². The summed E-state index contributed by atoms with van der Waals surface area (Å²) in [6.45, 7) is 5.30. The van der Waals surface area contributed by atoms with E-state index in [1.54, 1.807) is 25.3 Å². The number of rotatable bonds is 6. The van der Waals surface area contributed by atoms with Crippen molar-refractivity contribution in [3.8, 4) is 0 Å². The predicted molar refractivity (Wildman–Crippen MR) is 66.2 cm³/mol. The maximum absolute atomic E-state index is 10.8. The number of hydrogen-bond acceptors (Lipinski definition) is 3. The molecule has 1 aromatic carbocycles. The Kier molecular flexibility index (Phi) is 4.66. The van der Waals surface area contributed by atoms with Crippen LogP contribution in [0.1, 0.15) is 29.8 Å².